The Balaban J connectivity index is 1.63. The predicted octanol–water partition coefficient (Wildman–Crippen LogP) is 3.24. The summed E-state index contributed by atoms with van der Waals surface area (Å²) in [6.07, 6.45) is 2.60. The molecule has 0 amide bonds. The van der Waals surface area contributed by atoms with Gasteiger partial charge < -0.3 is 9.84 Å². The molecule has 0 aliphatic carbocycles. The summed E-state index contributed by atoms with van der Waals surface area (Å²) in [5.74, 6) is -0.307. The maximum atomic E-state index is 12.0. The highest BCUT2D eigenvalue weighted by Crippen LogP contribution is 2.17. The van der Waals surface area contributed by atoms with Gasteiger partial charge in [0.25, 0.3) is 0 Å². The summed E-state index contributed by atoms with van der Waals surface area (Å²) in [5.41, 5.74) is 1.70. The number of benzene rings is 2. The van der Waals surface area contributed by atoms with Gasteiger partial charge >= 0.3 is 10.8 Å². The third-order valence-electron chi connectivity index (χ3n) is 3.46. The zero-order valence-corrected chi connectivity index (χ0v) is 13.5. The van der Waals surface area contributed by atoms with Crippen molar-refractivity contribution in [1.29, 1.82) is 0 Å². The quantitative estimate of drug-likeness (QED) is 0.699. The minimum atomic E-state index is -0.983. The molecule has 0 aliphatic rings. The lowest BCUT2D eigenvalue weighted by atomic mass is 10.2. The van der Waals surface area contributed by atoms with Gasteiger partial charge in [0.15, 0.2) is 0 Å². The number of nitrogens with zero attached hydrogens (tertiary/aromatic N) is 1. The van der Waals surface area contributed by atoms with Crippen LogP contribution in [0.4, 0.5) is 0 Å². The first-order chi connectivity index (χ1) is 11.6. The molecule has 1 aromatic heterocycles. The number of rotatable bonds is 6. The Bertz CT molecular complexity index is 938. The molecule has 3 rings (SSSR count). The highest BCUT2D eigenvalue weighted by molar-refractivity contribution is 7.16. The SMILES string of the molecule is O=C(O)C=Cc1ccc(OCCn2c(=O)sc3ccccc32)cc1. The molecule has 1 heterocycles. The number of ether oxygens (including phenoxy) is 1. The van der Waals surface area contributed by atoms with Gasteiger partial charge in [-0.15, -0.1) is 0 Å². The van der Waals surface area contributed by atoms with Gasteiger partial charge in [-0.25, -0.2) is 4.79 Å². The second-order valence-electron chi connectivity index (χ2n) is 5.08. The Morgan fingerprint density at radius 3 is 2.67 bits per heavy atom. The first kappa shape index (κ1) is 16.0. The lowest BCUT2D eigenvalue weighted by Gasteiger charge is -2.07. The maximum Gasteiger partial charge on any atom is 0.328 e. The first-order valence-electron chi connectivity index (χ1n) is 7.36. The van der Waals surface area contributed by atoms with Crippen LogP contribution >= 0.6 is 11.3 Å². The molecular formula is C18H15NO4S. The minimum absolute atomic E-state index is 0.00829. The Hall–Kier alpha value is -2.86. The number of aliphatic carboxylic acids is 1. The summed E-state index contributed by atoms with van der Waals surface area (Å²) < 4.78 is 8.35. The standard InChI is InChI=1S/C18H15NO4S/c20-17(21)10-7-13-5-8-14(9-6-13)23-12-11-19-15-3-1-2-4-16(15)24-18(19)22/h1-10H,11-12H2,(H,20,21). The molecule has 1 N–H and O–H groups in total. The number of aromatic nitrogens is 1. The zero-order chi connectivity index (χ0) is 16.9. The second kappa shape index (κ2) is 7.14. The van der Waals surface area contributed by atoms with E-state index in [2.05, 4.69) is 0 Å². The van der Waals surface area contributed by atoms with E-state index >= 15 is 0 Å². The largest absolute Gasteiger partial charge is 0.492 e. The van der Waals surface area contributed by atoms with Gasteiger partial charge in [0.2, 0.25) is 0 Å². The molecular weight excluding hydrogens is 326 g/mol. The summed E-state index contributed by atoms with van der Waals surface area (Å²) in [5, 5.41) is 8.60. The molecule has 5 nitrogen and oxygen atoms in total. The highest BCUT2D eigenvalue weighted by Gasteiger charge is 2.06. The number of hydrogen-bond donors (Lipinski definition) is 1. The number of carboxylic acid groups (broad SMARTS) is 1. The fourth-order valence-corrected chi connectivity index (χ4v) is 3.24. The van der Waals surface area contributed by atoms with E-state index in [4.69, 9.17) is 9.84 Å². The van der Waals surface area contributed by atoms with Crippen LogP contribution in [0.25, 0.3) is 16.3 Å². The Kier molecular flexibility index (Phi) is 4.77. The summed E-state index contributed by atoms with van der Waals surface area (Å²) in [4.78, 5) is 22.5. The van der Waals surface area contributed by atoms with Gasteiger partial charge in [-0.3, -0.25) is 9.36 Å². The average molecular weight is 341 g/mol. The van der Waals surface area contributed by atoms with Crippen LogP contribution in [0.3, 0.4) is 0 Å². The normalized spacial score (nSPS) is 11.2. The number of hydrogen-bond acceptors (Lipinski definition) is 4. The van der Waals surface area contributed by atoms with Crippen molar-refractivity contribution < 1.29 is 14.6 Å². The van der Waals surface area contributed by atoms with Crippen LogP contribution in [0.5, 0.6) is 5.75 Å². The van der Waals surface area contributed by atoms with Crippen molar-refractivity contribution in [2.24, 2.45) is 0 Å². The Morgan fingerprint density at radius 1 is 1.17 bits per heavy atom. The topological polar surface area (TPSA) is 68.5 Å². The van der Waals surface area contributed by atoms with E-state index in [0.717, 1.165) is 21.9 Å². The van der Waals surface area contributed by atoms with Crippen LogP contribution < -0.4 is 9.61 Å². The van der Waals surface area contributed by atoms with Gasteiger partial charge in [-0.1, -0.05) is 35.6 Å². The summed E-state index contributed by atoms with van der Waals surface area (Å²) in [7, 11) is 0. The third kappa shape index (κ3) is 3.72. The Morgan fingerprint density at radius 2 is 1.92 bits per heavy atom. The van der Waals surface area contributed by atoms with Gasteiger partial charge in [0.05, 0.1) is 16.8 Å². The van der Waals surface area contributed by atoms with Crippen LogP contribution in [0, 0.1) is 0 Å². The molecule has 0 saturated heterocycles. The van der Waals surface area contributed by atoms with E-state index in [0.29, 0.717) is 18.9 Å². The van der Waals surface area contributed by atoms with Crippen LogP contribution in [-0.4, -0.2) is 22.2 Å². The molecule has 0 spiro atoms. The fourth-order valence-electron chi connectivity index (χ4n) is 2.32. The smallest absolute Gasteiger partial charge is 0.328 e. The fraction of sp³-hybridized carbons (Fsp3) is 0.111. The maximum absolute atomic E-state index is 12.0. The molecule has 0 unspecified atom stereocenters. The van der Waals surface area contributed by atoms with Crippen molar-refractivity contribution in [1.82, 2.24) is 4.57 Å². The molecule has 0 radical (unpaired) electrons. The van der Waals surface area contributed by atoms with Crippen molar-refractivity contribution in [2.45, 2.75) is 6.54 Å². The molecule has 0 saturated carbocycles. The van der Waals surface area contributed by atoms with E-state index in [9.17, 15) is 9.59 Å². The van der Waals surface area contributed by atoms with Crippen molar-refractivity contribution >= 4 is 33.6 Å². The van der Waals surface area contributed by atoms with Gasteiger partial charge in [0.1, 0.15) is 12.4 Å². The molecule has 122 valence electrons. The predicted molar refractivity (Wildman–Crippen MR) is 94.7 cm³/mol. The van der Waals surface area contributed by atoms with E-state index in [1.807, 2.05) is 24.3 Å². The van der Waals surface area contributed by atoms with E-state index in [-0.39, 0.29) is 4.87 Å². The lowest BCUT2D eigenvalue weighted by Crippen LogP contribution is -2.17. The van der Waals surface area contributed by atoms with Crippen molar-refractivity contribution in [2.75, 3.05) is 6.61 Å². The molecule has 24 heavy (non-hydrogen) atoms. The monoisotopic (exact) mass is 341 g/mol. The molecule has 2 aromatic carbocycles. The van der Waals surface area contributed by atoms with Crippen molar-refractivity contribution in [3.63, 3.8) is 0 Å². The van der Waals surface area contributed by atoms with E-state index in [1.165, 1.54) is 17.4 Å². The second-order valence-corrected chi connectivity index (χ2v) is 6.07. The molecule has 6 heteroatoms. The number of carboxylic acids is 1. The zero-order valence-electron chi connectivity index (χ0n) is 12.7. The van der Waals surface area contributed by atoms with Crippen molar-refractivity contribution in [3.8, 4) is 5.75 Å². The van der Waals surface area contributed by atoms with E-state index in [1.54, 1.807) is 28.8 Å². The number of para-hydroxylation sites is 1. The summed E-state index contributed by atoms with van der Waals surface area (Å²) in [6, 6.07) is 14.8. The van der Waals surface area contributed by atoms with Crippen molar-refractivity contribution in [3.05, 3.63) is 69.8 Å². The summed E-state index contributed by atoms with van der Waals surface area (Å²) in [6.45, 7) is 0.856. The summed E-state index contributed by atoms with van der Waals surface area (Å²) >= 11 is 1.23. The molecule has 0 aliphatic heterocycles. The van der Waals surface area contributed by atoms with Gasteiger partial charge in [-0.05, 0) is 35.9 Å². The molecule has 0 bridgehead atoms. The number of fused-ring (bicyclic) bond motifs is 1. The molecule has 0 fully saturated rings. The molecule has 3 aromatic rings. The van der Waals surface area contributed by atoms with Crippen LogP contribution in [-0.2, 0) is 11.3 Å². The Labute approximate surface area is 142 Å². The van der Waals surface area contributed by atoms with Crippen LogP contribution in [0.1, 0.15) is 5.56 Å². The minimum Gasteiger partial charge on any atom is -0.492 e. The first-order valence-corrected chi connectivity index (χ1v) is 8.17. The van der Waals surface area contributed by atoms with Crippen LogP contribution in [0.2, 0.25) is 0 Å². The van der Waals surface area contributed by atoms with Crippen LogP contribution in [0.15, 0.2) is 59.4 Å². The van der Waals surface area contributed by atoms with E-state index < -0.39 is 5.97 Å². The van der Waals surface area contributed by atoms with Gasteiger partial charge in [0, 0.05) is 6.08 Å². The number of thiazole rings is 1. The lowest BCUT2D eigenvalue weighted by molar-refractivity contribution is -0.131. The average Bonchev–Trinajstić information content (AvgIpc) is 2.90. The molecule has 0 atom stereocenters. The highest BCUT2D eigenvalue weighted by atomic mass is 32.1. The number of carbonyl (C=O) groups is 1. The third-order valence-corrected chi connectivity index (χ3v) is 4.42. The van der Waals surface area contributed by atoms with Gasteiger partial charge in [-0.2, -0.15) is 0 Å².